The molecule has 0 spiro atoms. The quantitative estimate of drug-likeness (QED) is 0.0424. The number of benzene rings is 4. The molecule has 0 aliphatic carbocycles. The third-order valence-corrected chi connectivity index (χ3v) is 11.5. The molecule has 4 atom stereocenters. The van der Waals surface area contributed by atoms with E-state index in [0.717, 1.165) is 20.1 Å². The van der Waals surface area contributed by atoms with Crippen LogP contribution in [-0.2, 0) is 9.13 Å². The van der Waals surface area contributed by atoms with E-state index in [1.807, 2.05) is 0 Å². The second-order valence-electron chi connectivity index (χ2n) is 12.1. The summed E-state index contributed by atoms with van der Waals surface area (Å²) in [6.45, 7) is 3.45. The van der Waals surface area contributed by atoms with Crippen LogP contribution in [0.15, 0.2) is 113 Å². The van der Waals surface area contributed by atoms with Crippen LogP contribution in [0.3, 0.4) is 0 Å². The van der Waals surface area contributed by atoms with Crippen LogP contribution in [0.5, 0.6) is 0 Å². The van der Waals surface area contributed by atoms with E-state index < -0.39 is 61.1 Å². The average Bonchev–Trinajstić information content (AvgIpc) is 3.10. The molecule has 0 bridgehead atoms. The number of fused-ring (bicyclic) bond motifs is 2. The third kappa shape index (κ3) is 15.5. The first-order chi connectivity index (χ1) is 25.3. The van der Waals surface area contributed by atoms with Crippen LogP contribution in [0.4, 0.5) is 0 Å². The van der Waals surface area contributed by atoms with Crippen LogP contribution in [0.25, 0.3) is 22.1 Å². The second kappa shape index (κ2) is 25.4. The topological polar surface area (TPSA) is 313 Å². The van der Waals surface area contributed by atoms with Crippen LogP contribution < -0.4 is 171 Å². The van der Waals surface area contributed by atoms with Gasteiger partial charge in [0, 0.05) is 21.0 Å². The number of halogens is 2. The van der Waals surface area contributed by atoms with Crippen LogP contribution >= 0.6 is 47.1 Å². The first kappa shape index (κ1) is 58.9. The Balaban J connectivity index is 0.00000105. The molecule has 0 aliphatic heterocycles. The van der Waals surface area contributed by atoms with Crippen molar-refractivity contribution in [3.63, 3.8) is 0 Å². The molecule has 0 radical (unpaired) electrons. The van der Waals surface area contributed by atoms with Crippen molar-refractivity contribution < 1.29 is 152 Å². The Morgan fingerprint density at radius 2 is 0.797 bits per heavy atom. The van der Waals surface area contributed by atoms with Gasteiger partial charge in [0.15, 0.2) is 0 Å². The number of aromatic amines is 4. The number of nitrogens with one attached hydrogen (secondary N) is 6. The van der Waals surface area contributed by atoms with Gasteiger partial charge in [-0.25, -0.2) is 0 Å². The molecule has 59 heavy (non-hydrogen) atoms. The van der Waals surface area contributed by atoms with Crippen molar-refractivity contribution in [3.05, 3.63) is 158 Å². The molecule has 0 aliphatic rings. The van der Waals surface area contributed by atoms with E-state index in [1.54, 1.807) is 62.4 Å². The maximum Gasteiger partial charge on any atom is 1.00 e. The first-order valence-corrected chi connectivity index (χ1v) is 20.7. The van der Waals surface area contributed by atoms with E-state index in [4.69, 9.17) is 0 Å². The molecule has 2 heterocycles. The maximum absolute atomic E-state index is 12.0. The molecule has 0 saturated heterocycles. The molecule has 292 valence electrons. The predicted octanol–water partition coefficient (Wildman–Crippen LogP) is -10.3. The molecule has 2 unspecified atom stereocenters. The summed E-state index contributed by atoms with van der Waals surface area (Å²) >= 11 is 6.65. The normalized spacial score (nSPS) is 13.0. The Labute approximate surface area is 441 Å². The number of H-pyrrole nitrogens is 4. The molecule has 0 saturated carbocycles. The Bertz CT molecular complexity index is 2480. The van der Waals surface area contributed by atoms with Crippen molar-refractivity contribution in [1.82, 2.24) is 30.6 Å². The molecule has 17 nitrogen and oxygen atoms in total. The number of hydrogen-bond acceptors (Lipinski definition) is 12. The Morgan fingerprint density at radius 1 is 0.508 bits per heavy atom. The summed E-state index contributed by atoms with van der Waals surface area (Å²) < 4.78 is 25.7. The number of para-hydroxylation sites is 2. The van der Waals surface area contributed by atoms with Gasteiger partial charge in [0.05, 0.1) is 33.6 Å². The van der Waals surface area contributed by atoms with Gasteiger partial charge in [-0.3, -0.25) is 29.8 Å². The number of hydrogen-bond donors (Lipinski definition) is 6. The largest absolute Gasteiger partial charge is 1.00 e. The molecule has 4 aromatic carbocycles. The standard InChI is InChI=1S/2C17H17BrN3O5P.4Na.H2O/c2*1-9(10-5-7-11(18)8-6-10)19-17(27(24,25)26)12-3-2-4-13-14(12)21-16(23)15(22)20-13;;;;;/h2*2-9,17,19H,1H3,(H,20,22)(H,21,23)(H2,24,25,26);;;;;1H2/q;;4*+1;/p-4/t2*9-,17?;;;;;/m10...../s1. The minimum absolute atomic E-state index is 0. The zero-order chi connectivity index (χ0) is 39.5. The summed E-state index contributed by atoms with van der Waals surface area (Å²) in [6, 6.07) is 22.3. The smallest absolute Gasteiger partial charge is 0.809 e. The van der Waals surface area contributed by atoms with Gasteiger partial charge in [-0.2, -0.15) is 0 Å². The van der Waals surface area contributed by atoms with Crippen molar-refractivity contribution in [1.29, 1.82) is 0 Å². The van der Waals surface area contributed by atoms with Gasteiger partial charge in [0.25, 0.3) is 0 Å². The molecule has 6 aromatic rings. The zero-order valence-corrected chi connectivity index (χ0v) is 45.6. The summed E-state index contributed by atoms with van der Waals surface area (Å²) in [5.41, 5.74) is -1.25. The van der Waals surface area contributed by atoms with Gasteiger partial charge in [-0.1, -0.05) is 80.4 Å². The van der Waals surface area contributed by atoms with Gasteiger partial charge in [0.1, 0.15) is 0 Å². The minimum Gasteiger partial charge on any atom is -0.809 e. The summed E-state index contributed by atoms with van der Waals surface area (Å²) in [5, 5.41) is 5.64. The molecule has 0 fully saturated rings. The predicted molar refractivity (Wildman–Crippen MR) is 206 cm³/mol. The molecule has 8 N–H and O–H groups in total. The Hall–Kier alpha value is -0.1000. The van der Waals surface area contributed by atoms with Gasteiger partial charge < -0.3 is 54.1 Å². The van der Waals surface area contributed by atoms with E-state index in [2.05, 4.69) is 62.4 Å². The van der Waals surface area contributed by atoms with Gasteiger partial charge in [0.2, 0.25) is 0 Å². The van der Waals surface area contributed by atoms with Gasteiger partial charge in [-0.05, 0) is 87.7 Å². The third-order valence-electron chi connectivity index (χ3n) is 8.36. The second-order valence-corrected chi connectivity index (χ2v) is 17.1. The van der Waals surface area contributed by atoms with E-state index in [1.165, 1.54) is 36.4 Å². The number of rotatable bonds is 10. The summed E-state index contributed by atoms with van der Waals surface area (Å²) in [4.78, 5) is 104. The van der Waals surface area contributed by atoms with Crippen molar-refractivity contribution in [2.75, 3.05) is 0 Å². The van der Waals surface area contributed by atoms with Crippen LogP contribution in [0.2, 0.25) is 0 Å². The summed E-state index contributed by atoms with van der Waals surface area (Å²) in [5.74, 6) is -3.19. The monoisotopic (exact) mass is 1010 g/mol. The van der Waals surface area contributed by atoms with Crippen LogP contribution in [0.1, 0.15) is 59.8 Å². The van der Waals surface area contributed by atoms with Crippen LogP contribution in [-0.4, -0.2) is 25.4 Å². The van der Waals surface area contributed by atoms with E-state index in [9.17, 15) is 47.9 Å². The van der Waals surface area contributed by atoms with E-state index in [-0.39, 0.29) is 157 Å². The molecular formula is C34H32Br2N6Na4O11P2. The number of aromatic nitrogens is 4. The molecule has 6 rings (SSSR count). The molecule has 0 amide bonds. The molecular weight excluding hydrogens is 982 g/mol. The van der Waals surface area contributed by atoms with E-state index in [0.29, 0.717) is 0 Å². The van der Waals surface area contributed by atoms with Crippen LogP contribution in [0, 0.1) is 0 Å². The van der Waals surface area contributed by atoms with Crippen molar-refractivity contribution in [2.24, 2.45) is 0 Å². The zero-order valence-electron chi connectivity index (χ0n) is 32.6. The average molecular weight is 1010 g/mol. The summed E-state index contributed by atoms with van der Waals surface area (Å²) in [7, 11) is -10.3. The van der Waals surface area contributed by atoms with Crippen molar-refractivity contribution >= 4 is 69.1 Å². The Morgan fingerprint density at radius 3 is 1.08 bits per heavy atom. The fraction of sp³-hybridized carbons (Fsp3) is 0.176. The summed E-state index contributed by atoms with van der Waals surface area (Å²) in [6.07, 6.45) is 0. The SMILES string of the molecule is C[C@@H](NC(c1cccc2[nH]c(=O)c(=O)[nH]c12)P(=O)([O-])[O-])c1ccc(Br)cc1.C[C@H](NC(c1cccc2[nH]c(=O)c(=O)[nH]c12)P(=O)([O-])[O-])c1ccc(Br)cc1.O.[Na+].[Na+].[Na+].[Na+]. The molecule has 2 aromatic heterocycles. The van der Waals surface area contributed by atoms with E-state index >= 15 is 0 Å². The fourth-order valence-electron chi connectivity index (χ4n) is 5.65. The molecule has 25 heteroatoms. The van der Waals surface area contributed by atoms with Gasteiger partial charge >= 0.3 is 140 Å². The van der Waals surface area contributed by atoms with Crippen molar-refractivity contribution in [2.45, 2.75) is 37.5 Å². The maximum atomic E-state index is 12.0. The van der Waals surface area contributed by atoms with Crippen molar-refractivity contribution in [3.8, 4) is 0 Å². The fourth-order valence-corrected chi connectivity index (χ4v) is 8.11. The van der Waals surface area contributed by atoms with Gasteiger partial charge in [-0.15, -0.1) is 0 Å². The minimum atomic E-state index is -5.15. The Kier molecular flexibility index (Phi) is 25.4. The first-order valence-electron chi connectivity index (χ1n) is 15.9.